The van der Waals surface area contributed by atoms with E-state index in [-0.39, 0.29) is 11.9 Å². The molecule has 0 spiro atoms. The molecule has 0 bridgehead atoms. The molecule has 1 saturated carbocycles. The number of hydrogen-bond donors (Lipinski definition) is 3. The minimum atomic E-state index is -1.91. The fraction of sp³-hybridized carbons (Fsp3) is 0.571. The van der Waals surface area contributed by atoms with Crippen LogP contribution in [0.5, 0.6) is 5.75 Å². The van der Waals surface area contributed by atoms with Crippen LogP contribution in [0.2, 0.25) is 0 Å². The van der Waals surface area contributed by atoms with E-state index in [4.69, 9.17) is 4.74 Å². The topological polar surface area (TPSA) is 116 Å². The summed E-state index contributed by atoms with van der Waals surface area (Å²) in [6, 6.07) is 6.09. The second-order valence-electron chi connectivity index (χ2n) is 8.14. The predicted molar refractivity (Wildman–Crippen MR) is 102 cm³/mol. The Labute approximate surface area is 168 Å². The third-order valence-corrected chi connectivity index (χ3v) is 6.73. The van der Waals surface area contributed by atoms with E-state index >= 15 is 0 Å². The second kappa shape index (κ2) is 7.42. The molecule has 1 aromatic carbocycles. The number of nitrogens with one attached hydrogen (secondary N) is 1. The number of carbonyl (C=O) groups is 3. The largest absolute Gasteiger partial charge is 0.496 e. The average Bonchev–Trinajstić information content (AvgIpc) is 3.23. The van der Waals surface area contributed by atoms with Crippen molar-refractivity contribution in [3.63, 3.8) is 0 Å². The van der Waals surface area contributed by atoms with E-state index in [1.54, 1.807) is 24.3 Å². The minimum Gasteiger partial charge on any atom is -0.496 e. The van der Waals surface area contributed by atoms with Gasteiger partial charge in [-0.2, -0.15) is 0 Å². The Morgan fingerprint density at radius 2 is 1.90 bits per heavy atom. The van der Waals surface area contributed by atoms with Gasteiger partial charge in [-0.15, -0.1) is 0 Å². The lowest BCUT2D eigenvalue weighted by Crippen LogP contribution is -2.59. The Morgan fingerprint density at radius 1 is 1.21 bits per heavy atom. The Balaban J connectivity index is 1.81. The predicted octanol–water partition coefficient (Wildman–Crippen LogP) is 1.09. The maximum Gasteiger partial charge on any atom is 0.327 e. The van der Waals surface area contributed by atoms with Crippen molar-refractivity contribution in [2.24, 2.45) is 11.8 Å². The molecule has 4 atom stereocenters. The molecule has 0 aromatic heterocycles. The third kappa shape index (κ3) is 2.85. The molecule has 8 nitrogen and oxygen atoms in total. The SMILES string of the molecule is COc1ccccc1C1NC(CO)(C(=O)O)C2C(=O)N(C3CCCCC3)C(=O)C12. The number of aliphatic hydroxyl groups is 1. The van der Waals surface area contributed by atoms with Gasteiger partial charge in [0.25, 0.3) is 0 Å². The number of ether oxygens (including phenoxy) is 1. The van der Waals surface area contributed by atoms with E-state index in [0.29, 0.717) is 11.3 Å². The lowest BCUT2D eigenvalue weighted by atomic mass is 9.79. The quantitative estimate of drug-likeness (QED) is 0.631. The van der Waals surface area contributed by atoms with Crippen LogP contribution in [0.25, 0.3) is 0 Å². The Morgan fingerprint density at radius 3 is 2.52 bits per heavy atom. The number of carboxylic acid groups (broad SMARTS) is 1. The summed E-state index contributed by atoms with van der Waals surface area (Å²) < 4.78 is 5.41. The molecule has 2 aliphatic heterocycles. The van der Waals surface area contributed by atoms with Crippen LogP contribution >= 0.6 is 0 Å². The van der Waals surface area contributed by atoms with Gasteiger partial charge in [-0.1, -0.05) is 37.5 Å². The number of aliphatic hydroxyl groups excluding tert-OH is 1. The molecule has 29 heavy (non-hydrogen) atoms. The maximum absolute atomic E-state index is 13.5. The summed E-state index contributed by atoms with van der Waals surface area (Å²) in [5, 5.41) is 23.0. The second-order valence-corrected chi connectivity index (χ2v) is 8.14. The van der Waals surface area contributed by atoms with Crippen LogP contribution < -0.4 is 10.1 Å². The normalized spacial score (nSPS) is 32.5. The number of carbonyl (C=O) groups excluding carboxylic acids is 2. The highest BCUT2D eigenvalue weighted by Crippen LogP contribution is 2.51. The molecule has 4 unspecified atom stereocenters. The van der Waals surface area contributed by atoms with Crippen molar-refractivity contribution in [3.05, 3.63) is 29.8 Å². The van der Waals surface area contributed by atoms with Gasteiger partial charge in [0.05, 0.1) is 25.6 Å². The monoisotopic (exact) mass is 402 g/mol. The molecule has 3 fully saturated rings. The summed E-state index contributed by atoms with van der Waals surface area (Å²) in [6.45, 7) is -0.785. The first-order valence-electron chi connectivity index (χ1n) is 10.1. The number of amides is 2. The Kier molecular flexibility index (Phi) is 5.08. The number of nitrogens with zero attached hydrogens (tertiary/aromatic N) is 1. The highest BCUT2D eigenvalue weighted by molar-refractivity contribution is 6.09. The van der Waals surface area contributed by atoms with Gasteiger partial charge < -0.3 is 14.9 Å². The molecular formula is C21H26N2O6. The molecule has 2 saturated heterocycles. The summed E-state index contributed by atoms with van der Waals surface area (Å²) in [5.74, 6) is -3.74. The van der Waals surface area contributed by atoms with Crippen molar-refractivity contribution in [3.8, 4) is 5.75 Å². The number of benzene rings is 1. The Hall–Kier alpha value is -2.45. The number of methoxy groups -OCH3 is 1. The number of para-hydroxylation sites is 1. The molecule has 156 valence electrons. The van der Waals surface area contributed by atoms with Gasteiger partial charge in [-0.3, -0.25) is 24.6 Å². The molecule has 0 radical (unpaired) electrons. The van der Waals surface area contributed by atoms with Crippen molar-refractivity contribution >= 4 is 17.8 Å². The van der Waals surface area contributed by atoms with Gasteiger partial charge in [0, 0.05) is 17.6 Å². The first-order valence-corrected chi connectivity index (χ1v) is 10.1. The first-order chi connectivity index (χ1) is 14.0. The molecule has 2 amide bonds. The van der Waals surface area contributed by atoms with E-state index in [2.05, 4.69) is 5.32 Å². The zero-order valence-electron chi connectivity index (χ0n) is 16.3. The molecule has 1 aromatic rings. The number of fused-ring (bicyclic) bond motifs is 1. The van der Waals surface area contributed by atoms with Crippen LogP contribution in [0.1, 0.15) is 43.7 Å². The van der Waals surface area contributed by atoms with E-state index in [0.717, 1.165) is 32.1 Å². The summed E-state index contributed by atoms with van der Waals surface area (Å²) in [5.41, 5.74) is -1.31. The number of hydrogen-bond acceptors (Lipinski definition) is 6. The van der Waals surface area contributed by atoms with Gasteiger partial charge >= 0.3 is 5.97 Å². The standard InChI is InChI=1S/C21H26N2O6/c1-29-14-10-6-5-9-13(14)17-15-16(21(11-24,22-17)20(27)28)19(26)23(18(15)25)12-7-3-2-4-8-12/h5-6,9-10,12,15-17,22,24H,2-4,7-8,11H2,1H3,(H,27,28). The van der Waals surface area contributed by atoms with Gasteiger partial charge in [-0.05, 0) is 18.9 Å². The average molecular weight is 402 g/mol. The summed E-state index contributed by atoms with van der Waals surface area (Å²) in [6.07, 6.45) is 4.43. The van der Waals surface area contributed by atoms with Gasteiger partial charge in [0.2, 0.25) is 11.8 Å². The van der Waals surface area contributed by atoms with E-state index in [9.17, 15) is 24.6 Å². The summed E-state index contributed by atoms with van der Waals surface area (Å²) in [4.78, 5) is 40.3. The number of carboxylic acids is 1. The van der Waals surface area contributed by atoms with Crippen molar-refractivity contribution in [2.75, 3.05) is 13.7 Å². The highest BCUT2D eigenvalue weighted by Gasteiger charge is 2.69. The van der Waals surface area contributed by atoms with E-state index < -0.39 is 41.9 Å². The van der Waals surface area contributed by atoms with Gasteiger partial charge in [-0.25, -0.2) is 0 Å². The number of rotatable bonds is 5. The fourth-order valence-electron chi connectivity index (χ4n) is 5.32. The Bertz CT molecular complexity index is 836. The first kappa shape index (κ1) is 19.8. The molecule has 3 aliphatic rings. The number of likely N-dealkylation sites (tertiary alicyclic amines) is 1. The van der Waals surface area contributed by atoms with Crippen LogP contribution in [0, 0.1) is 11.8 Å². The number of imide groups is 1. The van der Waals surface area contributed by atoms with E-state index in [1.807, 2.05) is 0 Å². The van der Waals surface area contributed by atoms with Crippen molar-refractivity contribution in [2.45, 2.75) is 49.7 Å². The highest BCUT2D eigenvalue weighted by atomic mass is 16.5. The van der Waals surface area contributed by atoms with Crippen LogP contribution in [0.4, 0.5) is 0 Å². The lowest BCUT2D eigenvalue weighted by molar-refractivity contribution is -0.154. The van der Waals surface area contributed by atoms with Crippen molar-refractivity contribution in [1.82, 2.24) is 10.2 Å². The summed E-state index contributed by atoms with van der Waals surface area (Å²) >= 11 is 0. The number of aliphatic carboxylic acids is 1. The minimum absolute atomic E-state index is 0.196. The fourth-order valence-corrected chi connectivity index (χ4v) is 5.32. The summed E-state index contributed by atoms with van der Waals surface area (Å²) in [7, 11) is 1.50. The molecule has 8 heteroatoms. The van der Waals surface area contributed by atoms with Crippen LogP contribution in [0.15, 0.2) is 24.3 Å². The molecule has 4 rings (SSSR count). The molecule has 1 aliphatic carbocycles. The van der Waals surface area contributed by atoms with Gasteiger partial charge in [0.15, 0.2) is 5.54 Å². The maximum atomic E-state index is 13.5. The molecule has 2 heterocycles. The zero-order valence-corrected chi connectivity index (χ0v) is 16.3. The molecular weight excluding hydrogens is 376 g/mol. The lowest BCUT2D eigenvalue weighted by Gasteiger charge is -2.33. The van der Waals surface area contributed by atoms with Crippen LogP contribution in [0.3, 0.4) is 0 Å². The zero-order chi connectivity index (χ0) is 20.8. The van der Waals surface area contributed by atoms with Crippen molar-refractivity contribution < 1.29 is 29.3 Å². The van der Waals surface area contributed by atoms with Crippen LogP contribution in [-0.2, 0) is 14.4 Å². The third-order valence-electron chi connectivity index (χ3n) is 6.73. The smallest absolute Gasteiger partial charge is 0.327 e. The van der Waals surface area contributed by atoms with E-state index in [1.165, 1.54) is 12.0 Å². The van der Waals surface area contributed by atoms with Gasteiger partial charge in [0.1, 0.15) is 5.75 Å². The van der Waals surface area contributed by atoms with Crippen LogP contribution in [-0.4, -0.2) is 58.2 Å². The molecule has 3 N–H and O–H groups in total. The van der Waals surface area contributed by atoms with Crippen molar-refractivity contribution in [1.29, 1.82) is 0 Å².